The van der Waals surface area contributed by atoms with Gasteiger partial charge in [-0.15, -0.1) is 11.8 Å². The van der Waals surface area contributed by atoms with E-state index in [9.17, 15) is 28.4 Å². The number of phosphoric acid groups is 3. The lowest BCUT2D eigenvalue weighted by Gasteiger charge is -2.34. The van der Waals surface area contributed by atoms with Crippen molar-refractivity contribution in [1.29, 1.82) is 0 Å². The number of fused-ring (bicyclic) bond motifs is 1. The third kappa shape index (κ3) is 6.14. The fraction of sp³-hybridized carbons (Fsp3) is 0.583. The van der Waals surface area contributed by atoms with Gasteiger partial charge in [0, 0.05) is 20.6 Å². The van der Waals surface area contributed by atoms with Gasteiger partial charge in [0.05, 0.1) is 29.7 Å². The standard InChI is InChI=1S/C12H20N5O11P3S/c1-24-7-3-9(17-6-16-10-11(13)14-5-15-12(10)17)32-8(7)4-26-30(20,21)28-31(22,23)27-29(18,19)25-2/h5-9H,3-4H2,1-2H3,(H,18,19)(H,20,21)(H,22,23)(H2,13,14,15)/p-3/t7-,8+,9+/m0/s1. The third-order valence-corrected chi connectivity index (χ3v) is 9.84. The highest BCUT2D eigenvalue weighted by atomic mass is 32.2. The monoisotopic (exact) mass is 532 g/mol. The molecule has 0 spiro atoms. The number of methoxy groups -OCH3 is 1. The van der Waals surface area contributed by atoms with Gasteiger partial charge in [0.2, 0.25) is 0 Å². The van der Waals surface area contributed by atoms with Crippen LogP contribution in [-0.4, -0.2) is 51.7 Å². The smallest absolute Gasteiger partial charge is 0.280 e. The summed E-state index contributed by atoms with van der Waals surface area (Å²) in [5, 5.41) is -0.870. The molecular weight excluding hydrogens is 515 g/mol. The van der Waals surface area contributed by atoms with E-state index < -0.39 is 41.4 Å². The Labute approximate surface area is 185 Å². The number of imidazole rings is 1. The summed E-state index contributed by atoms with van der Waals surface area (Å²) in [6.07, 6.45) is 2.70. The number of rotatable bonds is 10. The highest BCUT2D eigenvalue weighted by molar-refractivity contribution is 8.00. The Morgan fingerprint density at radius 3 is 2.47 bits per heavy atom. The Hall–Kier alpha value is -0.930. The predicted octanol–water partition coefficient (Wildman–Crippen LogP) is -0.471. The molecule has 16 nitrogen and oxygen atoms in total. The number of nitrogens with two attached hydrogens (primary N) is 1. The van der Waals surface area contributed by atoms with Crippen molar-refractivity contribution in [3.8, 4) is 0 Å². The largest absolute Gasteiger partial charge is 0.756 e. The molecule has 0 bridgehead atoms. The molecule has 2 N–H and O–H groups in total. The van der Waals surface area contributed by atoms with Crippen LogP contribution in [0.5, 0.6) is 0 Å². The molecule has 0 amide bonds. The summed E-state index contributed by atoms with van der Waals surface area (Å²) in [6, 6.07) is 0. The van der Waals surface area contributed by atoms with Gasteiger partial charge < -0.3 is 38.8 Å². The van der Waals surface area contributed by atoms with Gasteiger partial charge in [-0.1, -0.05) is 0 Å². The molecule has 0 aromatic carbocycles. The average molecular weight is 532 g/mol. The predicted molar refractivity (Wildman–Crippen MR) is 104 cm³/mol. The van der Waals surface area contributed by atoms with Crippen molar-refractivity contribution in [3.63, 3.8) is 0 Å². The van der Waals surface area contributed by atoms with Crippen LogP contribution in [-0.2, 0) is 36.1 Å². The van der Waals surface area contributed by atoms with E-state index >= 15 is 0 Å². The van der Waals surface area contributed by atoms with Gasteiger partial charge in [-0.05, 0) is 0 Å². The fourth-order valence-electron chi connectivity index (χ4n) is 2.83. The van der Waals surface area contributed by atoms with Crippen LogP contribution >= 0.6 is 35.2 Å². The van der Waals surface area contributed by atoms with Crippen LogP contribution in [0.25, 0.3) is 11.2 Å². The van der Waals surface area contributed by atoms with Crippen molar-refractivity contribution in [2.24, 2.45) is 0 Å². The van der Waals surface area contributed by atoms with Crippen molar-refractivity contribution < 1.29 is 50.8 Å². The van der Waals surface area contributed by atoms with Crippen molar-refractivity contribution in [1.82, 2.24) is 19.5 Å². The molecule has 0 aliphatic carbocycles. The summed E-state index contributed by atoms with van der Waals surface area (Å²) in [5.74, 6) is 0.199. The van der Waals surface area contributed by atoms with E-state index in [4.69, 9.17) is 10.5 Å². The number of aromatic nitrogens is 4. The Kier molecular flexibility index (Phi) is 7.82. The van der Waals surface area contributed by atoms with E-state index in [0.717, 1.165) is 0 Å². The molecule has 0 radical (unpaired) electrons. The van der Waals surface area contributed by atoms with E-state index in [0.29, 0.717) is 24.7 Å². The molecule has 1 saturated heterocycles. The summed E-state index contributed by atoms with van der Waals surface area (Å²) >= 11 is 1.26. The lowest BCUT2D eigenvalue weighted by molar-refractivity contribution is -0.250. The second-order valence-corrected chi connectivity index (χ2v) is 12.2. The Bertz CT molecular complexity index is 1120. The van der Waals surface area contributed by atoms with Gasteiger partial charge in [0.15, 0.2) is 11.5 Å². The van der Waals surface area contributed by atoms with E-state index in [1.807, 2.05) is 0 Å². The maximum atomic E-state index is 11.9. The van der Waals surface area contributed by atoms with Crippen LogP contribution in [0.1, 0.15) is 11.8 Å². The average Bonchev–Trinajstić information content (AvgIpc) is 3.29. The second-order valence-electron chi connectivity index (χ2n) is 6.21. The van der Waals surface area contributed by atoms with Crippen LogP contribution in [0, 0.1) is 0 Å². The van der Waals surface area contributed by atoms with E-state index in [2.05, 4.69) is 32.6 Å². The number of thioether (sulfide) groups is 1. The van der Waals surface area contributed by atoms with Crippen LogP contribution in [0.4, 0.5) is 5.82 Å². The highest BCUT2D eigenvalue weighted by Gasteiger charge is 2.38. The molecule has 180 valence electrons. The Balaban J connectivity index is 1.66. The Morgan fingerprint density at radius 2 is 1.81 bits per heavy atom. The lowest BCUT2D eigenvalue weighted by atomic mass is 10.2. The first-order valence-corrected chi connectivity index (χ1v) is 13.9. The minimum Gasteiger partial charge on any atom is -0.756 e. The summed E-state index contributed by atoms with van der Waals surface area (Å²) in [5.41, 5.74) is 6.65. The van der Waals surface area contributed by atoms with Gasteiger partial charge in [0.25, 0.3) is 23.5 Å². The maximum absolute atomic E-state index is 11.9. The molecule has 3 unspecified atom stereocenters. The molecule has 3 heterocycles. The number of ether oxygens (including phenoxy) is 1. The van der Waals surface area contributed by atoms with Crippen molar-refractivity contribution in [2.75, 3.05) is 26.6 Å². The first kappa shape index (κ1) is 25.7. The summed E-state index contributed by atoms with van der Waals surface area (Å²) < 4.78 is 57.3. The molecule has 1 aliphatic rings. The zero-order chi connectivity index (χ0) is 23.7. The molecule has 6 atom stereocenters. The van der Waals surface area contributed by atoms with Crippen molar-refractivity contribution in [2.45, 2.75) is 23.1 Å². The number of hydrogen-bond acceptors (Lipinski definition) is 16. The van der Waals surface area contributed by atoms with Gasteiger partial charge in [-0.25, -0.2) is 23.6 Å². The minimum absolute atomic E-state index is 0.199. The SMILES string of the molecule is CO[C@H]1C[C@H](n2cnc3c(N)ncnc32)S[C@@H]1COP(=O)([O-])OP(=O)([O-])OP(=O)([O-])OC. The molecule has 0 saturated carbocycles. The highest BCUT2D eigenvalue weighted by Crippen LogP contribution is 2.63. The molecule has 20 heteroatoms. The second kappa shape index (κ2) is 9.74. The maximum Gasteiger partial charge on any atom is 0.280 e. The molecule has 1 aliphatic heterocycles. The number of nitrogen functional groups attached to an aromatic ring is 1. The molecule has 2 aromatic heterocycles. The van der Waals surface area contributed by atoms with Gasteiger partial charge >= 0.3 is 0 Å². The zero-order valence-corrected chi connectivity index (χ0v) is 19.9. The molecule has 32 heavy (non-hydrogen) atoms. The summed E-state index contributed by atoms with van der Waals surface area (Å²) in [7, 11) is -14.6. The van der Waals surface area contributed by atoms with Crippen LogP contribution < -0.4 is 20.4 Å². The number of nitrogens with zero attached hydrogens (tertiary/aromatic N) is 4. The van der Waals surface area contributed by atoms with E-state index in [-0.39, 0.29) is 11.2 Å². The van der Waals surface area contributed by atoms with Crippen LogP contribution in [0.3, 0.4) is 0 Å². The van der Waals surface area contributed by atoms with Crippen LogP contribution in [0.15, 0.2) is 12.7 Å². The molecule has 1 fully saturated rings. The zero-order valence-electron chi connectivity index (χ0n) is 16.4. The van der Waals surface area contributed by atoms with Crippen LogP contribution in [0.2, 0.25) is 0 Å². The van der Waals surface area contributed by atoms with E-state index in [1.54, 1.807) is 4.57 Å². The minimum atomic E-state index is -5.85. The first-order valence-electron chi connectivity index (χ1n) is 8.54. The van der Waals surface area contributed by atoms with Gasteiger partial charge in [-0.3, -0.25) is 13.7 Å². The summed E-state index contributed by atoms with van der Waals surface area (Å²) in [6.45, 7) is -0.538. The molecule has 3 rings (SSSR count). The third-order valence-electron chi connectivity index (χ3n) is 4.20. The number of hydrogen-bond donors (Lipinski definition) is 1. The van der Waals surface area contributed by atoms with E-state index in [1.165, 1.54) is 31.5 Å². The fourth-order valence-corrected chi connectivity index (χ4v) is 7.61. The number of anilines is 1. The van der Waals surface area contributed by atoms with Crippen molar-refractivity contribution in [3.05, 3.63) is 12.7 Å². The normalized spacial score (nSPS) is 27.1. The van der Waals surface area contributed by atoms with Crippen molar-refractivity contribution >= 4 is 52.2 Å². The first-order chi connectivity index (χ1) is 14.9. The topological polar surface area (TPSA) is 236 Å². The number of phosphoric ester groups is 2. The summed E-state index contributed by atoms with van der Waals surface area (Å²) in [4.78, 5) is 46.7. The van der Waals surface area contributed by atoms with Gasteiger partial charge in [0.1, 0.15) is 11.8 Å². The molecule has 2 aromatic rings. The molecular formula is C12H17N5O11P3S-3. The van der Waals surface area contributed by atoms with Gasteiger partial charge in [-0.2, -0.15) is 0 Å². The Morgan fingerprint density at radius 1 is 1.12 bits per heavy atom. The quantitative estimate of drug-likeness (QED) is 0.380. The lowest BCUT2D eigenvalue weighted by Crippen LogP contribution is -2.26.